The van der Waals surface area contributed by atoms with Crippen molar-refractivity contribution in [2.45, 2.75) is 44.9 Å². The zero-order valence-corrected chi connectivity index (χ0v) is 17.0. The molecule has 3 heteroatoms. The number of benzene rings is 2. The lowest BCUT2D eigenvalue weighted by Gasteiger charge is -2.23. The summed E-state index contributed by atoms with van der Waals surface area (Å²) in [5.74, 6) is 0.485. The molecule has 2 aromatic carbocycles. The van der Waals surface area contributed by atoms with Crippen molar-refractivity contribution in [1.29, 1.82) is 0 Å². The summed E-state index contributed by atoms with van der Waals surface area (Å²) in [5, 5.41) is 2.13. The van der Waals surface area contributed by atoms with E-state index in [1.54, 1.807) is 0 Å². The predicted octanol–water partition coefficient (Wildman–Crippen LogP) is 6.98. The van der Waals surface area contributed by atoms with E-state index in [9.17, 15) is 0 Å². The van der Waals surface area contributed by atoms with Gasteiger partial charge in [0.15, 0.2) is 11.9 Å². The number of aromatic nitrogens is 1. The molecule has 0 amide bonds. The Labute approximate surface area is 171 Å². The van der Waals surface area contributed by atoms with E-state index in [0.29, 0.717) is 5.92 Å². The van der Waals surface area contributed by atoms with Crippen LogP contribution in [0.4, 0.5) is 5.69 Å². The Morgan fingerprint density at radius 3 is 2.62 bits per heavy atom. The molecule has 0 radical (unpaired) electrons. The van der Waals surface area contributed by atoms with Crippen molar-refractivity contribution < 1.29 is 8.98 Å². The molecular weight excluding hydrogens is 356 g/mol. The summed E-state index contributed by atoms with van der Waals surface area (Å²) in [6.45, 7) is 9.90. The minimum atomic E-state index is 0.485. The zero-order valence-electron chi connectivity index (χ0n) is 17.0. The van der Waals surface area contributed by atoms with Crippen LogP contribution < -0.4 is 4.57 Å². The Hall–Kier alpha value is -3.12. The first-order valence-electron chi connectivity index (χ1n) is 10.5. The van der Waals surface area contributed by atoms with Crippen molar-refractivity contribution in [2.75, 3.05) is 0 Å². The van der Waals surface area contributed by atoms with E-state index < -0.39 is 0 Å². The van der Waals surface area contributed by atoms with Crippen LogP contribution >= 0.6 is 0 Å². The highest BCUT2D eigenvalue weighted by atomic mass is 16.3. The maximum Gasteiger partial charge on any atom is 0.216 e. The monoisotopic (exact) mass is 381 g/mol. The van der Waals surface area contributed by atoms with Gasteiger partial charge in [0, 0.05) is 22.9 Å². The smallest absolute Gasteiger partial charge is 0.216 e. The molecule has 29 heavy (non-hydrogen) atoms. The number of pyridine rings is 1. The predicted molar refractivity (Wildman–Crippen MR) is 117 cm³/mol. The van der Waals surface area contributed by atoms with E-state index in [1.165, 1.54) is 43.2 Å². The summed E-state index contributed by atoms with van der Waals surface area (Å²) in [7, 11) is 2.06. The van der Waals surface area contributed by atoms with Gasteiger partial charge in [0.05, 0.1) is 12.1 Å². The second-order valence-corrected chi connectivity index (χ2v) is 8.29. The first-order chi connectivity index (χ1) is 14.2. The number of hydrogen-bond donors (Lipinski definition) is 0. The van der Waals surface area contributed by atoms with Crippen molar-refractivity contribution in [3.8, 4) is 11.3 Å². The van der Waals surface area contributed by atoms with Gasteiger partial charge in [-0.05, 0) is 55.0 Å². The Morgan fingerprint density at radius 2 is 1.86 bits per heavy atom. The van der Waals surface area contributed by atoms with Crippen molar-refractivity contribution in [2.24, 2.45) is 7.05 Å². The number of rotatable bonds is 2. The molecule has 1 saturated carbocycles. The molecule has 0 saturated heterocycles. The Bertz CT molecular complexity index is 1270. The van der Waals surface area contributed by atoms with E-state index >= 15 is 0 Å². The van der Waals surface area contributed by atoms with E-state index in [0.717, 1.165) is 38.9 Å². The summed E-state index contributed by atoms with van der Waals surface area (Å²) in [5.41, 5.74) is 7.24. The Morgan fingerprint density at radius 1 is 1.03 bits per heavy atom. The molecule has 0 bridgehead atoms. The van der Waals surface area contributed by atoms with Gasteiger partial charge in [-0.15, -0.1) is 0 Å². The van der Waals surface area contributed by atoms with E-state index in [4.69, 9.17) is 11.0 Å². The van der Waals surface area contributed by atoms with Gasteiger partial charge in [-0.25, -0.2) is 9.41 Å². The molecule has 2 aromatic heterocycles. The quantitative estimate of drug-likeness (QED) is 0.271. The first kappa shape index (κ1) is 17.9. The van der Waals surface area contributed by atoms with Crippen LogP contribution in [0.3, 0.4) is 0 Å². The summed E-state index contributed by atoms with van der Waals surface area (Å²) in [6.07, 6.45) is 8.25. The molecule has 144 valence electrons. The van der Waals surface area contributed by atoms with Gasteiger partial charge >= 0.3 is 0 Å². The van der Waals surface area contributed by atoms with Gasteiger partial charge in [0.2, 0.25) is 5.69 Å². The van der Waals surface area contributed by atoms with Gasteiger partial charge in [-0.3, -0.25) is 0 Å². The highest BCUT2D eigenvalue weighted by Gasteiger charge is 2.23. The average molecular weight is 381 g/mol. The number of aryl methyl sites for hydroxylation is 2. The van der Waals surface area contributed by atoms with Gasteiger partial charge < -0.3 is 4.42 Å². The highest BCUT2D eigenvalue weighted by molar-refractivity contribution is 6.11. The van der Waals surface area contributed by atoms with Crippen LogP contribution in [-0.2, 0) is 7.05 Å². The summed E-state index contributed by atoms with van der Waals surface area (Å²) < 4.78 is 8.62. The minimum Gasteiger partial charge on any atom is -0.455 e. The molecule has 0 aliphatic heterocycles. The molecule has 3 nitrogen and oxygen atoms in total. The van der Waals surface area contributed by atoms with Crippen LogP contribution in [-0.4, -0.2) is 0 Å². The molecule has 0 atom stereocenters. The third-order valence-electron chi connectivity index (χ3n) is 6.47. The van der Waals surface area contributed by atoms with Crippen LogP contribution in [0, 0.1) is 13.5 Å². The number of fused-ring (bicyclic) bond motifs is 3. The summed E-state index contributed by atoms with van der Waals surface area (Å²) in [6, 6.07) is 14.7. The van der Waals surface area contributed by atoms with Crippen LogP contribution in [0.1, 0.15) is 49.1 Å². The molecule has 5 rings (SSSR count). The number of nitrogens with zero attached hydrogens (tertiary/aromatic N) is 2. The fourth-order valence-electron chi connectivity index (χ4n) is 4.93. The average Bonchev–Trinajstić information content (AvgIpc) is 3.11. The molecule has 1 aliphatic carbocycles. The van der Waals surface area contributed by atoms with E-state index in [2.05, 4.69) is 66.0 Å². The largest absolute Gasteiger partial charge is 0.455 e. The third kappa shape index (κ3) is 2.91. The molecular formula is C26H25N2O+. The third-order valence-corrected chi connectivity index (χ3v) is 6.47. The fourth-order valence-corrected chi connectivity index (χ4v) is 4.93. The van der Waals surface area contributed by atoms with Crippen molar-refractivity contribution >= 4 is 27.6 Å². The number of furan rings is 1. The fraction of sp³-hybridized carbons (Fsp3) is 0.308. The Balaban J connectivity index is 1.79. The van der Waals surface area contributed by atoms with Crippen LogP contribution in [0.2, 0.25) is 0 Å². The standard InChI is InChI=1S/C26H25N2O/c1-17-12-13-19-21-15-22(27-2)20(18-9-5-4-6-10-18)16-24(21)29-26(19)25(17)23-11-7-8-14-28(23)3/h7-8,11-16,18H,4-6,9-10H2,1,3H3/q+1. The van der Waals surface area contributed by atoms with Crippen molar-refractivity contribution in [3.05, 3.63) is 71.2 Å². The first-order valence-corrected chi connectivity index (χ1v) is 10.5. The lowest BCUT2D eigenvalue weighted by atomic mass is 9.83. The van der Waals surface area contributed by atoms with Crippen LogP contribution in [0.25, 0.3) is 38.0 Å². The van der Waals surface area contributed by atoms with Gasteiger partial charge in [-0.1, -0.05) is 31.4 Å². The van der Waals surface area contributed by atoms with Crippen LogP contribution in [0.5, 0.6) is 0 Å². The molecule has 0 unspecified atom stereocenters. The molecule has 4 aromatic rings. The SMILES string of the molecule is [C-]#[N+]c1cc2c(cc1C1CCCCC1)oc1c(-c3cccc[n+]3C)c(C)ccc12. The van der Waals surface area contributed by atoms with Gasteiger partial charge in [-0.2, -0.15) is 0 Å². The molecule has 0 N–H and O–H groups in total. The van der Waals surface area contributed by atoms with Crippen LogP contribution in [0.15, 0.2) is 53.1 Å². The van der Waals surface area contributed by atoms with E-state index in [-0.39, 0.29) is 0 Å². The topological polar surface area (TPSA) is 21.4 Å². The summed E-state index contributed by atoms with van der Waals surface area (Å²) >= 11 is 0. The van der Waals surface area contributed by atoms with E-state index in [1.807, 2.05) is 6.07 Å². The zero-order chi connectivity index (χ0) is 20.0. The second kappa shape index (κ2) is 7.04. The summed E-state index contributed by atoms with van der Waals surface area (Å²) in [4.78, 5) is 3.90. The normalized spacial score (nSPS) is 15.1. The van der Waals surface area contributed by atoms with Gasteiger partial charge in [0.1, 0.15) is 18.2 Å². The second-order valence-electron chi connectivity index (χ2n) is 8.29. The molecule has 0 spiro atoms. The molecule has 2 heterocycles. The molecule has 1 fully saturated rings. The Kier molecular flexibility index (Phi) is 4.36. The minimum absolute atomic E-state index is 0.485. The molecule has 1 aliphatic rings. The maximum absolute atomic E-state index is 7.77. The van der Waals surface area contributed by atoms with Crippen molar-refractivity contribution in [1.82, 2.24) is 0 Å². The lowest BCUT2D eigenvalue weighted by Crippen LogP contribution is -2.30. The number of hydrogen-bond acceptors (Lipinski definition) is 1. The highest BCUT2D eigenvalue weighted by Crippen LogP contribution is 2.43. The van der Waals surface area contributed by atoms with Crippen molar-refractivity contribution in [3.63, 3.8) is 0 Å². The maximum atomic E-state index is 7.77. The van der Waals surface area contributed by atoms with Gasteiger partial charge in [0.25, 0.3) is 0 Å². The lowest BCUT2D eigenvalue weighted by molar-refractivity contribution is -0.660.